The molecule has 0 bridgehead atoms. The molecule has 0 saturated carbocycles. The third-order valence-electron chi connectivity index (χ3n) is 4.09. The number of benzene rings is 3. The molecule has 0 fully saturated rings. The molecule has 0 N–H and O–H groups in total. The van der Waals surface area contributed by atoms with Crippen molar-refractivity contribution < 1.29 is 48.8 Å². The van der Waals surface area contributed by atoms with Crippen molar-refractivity contribution in [3.05, 3.63) is 124 Å². The Hall–Kier alpha value is -3.44. The van der Waals surface area contributed by atoms with Crippen molar-refractivity contribution in [3.63, 3.8) is 0 Å². The van der Waals surface area contributed by atoms with E-state index >= 15 is 0 Å². The summed E-state index contributed by atoms with van der Waals surface area (Å²) in [4.78, 5) is 0. The van der Waals surface area contributed by atoms with E-state index in [-0.39, 0.29) is 21.1 Å². The Morgan fingerprint density at radius 2 is 0.676 bits per heavy atom. The number of hydrogen-bond acceptors (Lipinski definition) is 1. The minimum Gasteiger partial charge on any atom is 0 e. The van der Waals surface area contributed by atoms with Crippen LogP contribution in [0.1, 0.15) is 0 Å². The van der Waals surface area contributed by atoms with Gasteiger partial charge in [0.15, 0.2) is 6.15 Å². The number of hydrogen-bond donors (Lipinski definition) is 0. The SMILES string of the molecule is C[N+](C)(C)C.N#C[B-](c1ccccc1)(c1ccccc1)c1ccccc1.[C-]#[O+].[C-]#[O+].[C-]#[O+].[C-]#[O+].[C-]#[O+].[W]. The molecule has 0 amide bonds. The first-order valence-electron chi connectivity index (χ1n) is 9.92. The van der Waals surface area contributed by atoms with Crippen LogP contribution in [0, 0.1) is 44.5 Å². The Kier molecular flexibility index (Phi) is 34.0. The van der Waals surface area contributed by atoms with Crippen molar-refractivity contribution in [2.45, 2.75) is 0 Å². The van der Waals surface area contributed by atoms with Gasteiger partial charge in [-0.1, -0.05) is 91.0 Å². The van der Waals surface area contributed by atoms with Gasteiger partial charge >= 0.3 is 56.5 Å². The fourth-order valence-corrected chi connectivity index (χ4v) is 3.03. The first-order valence-corrected chi connectivity index (χ1v) is 9.92. The molecule has 0 atom stereocenters. The summed E-state index contributed by atoms with van der Waals surface area (Å²) >= 11 is 0. The van der Waals surface area contributed by atoms with E-state index in [1.165, 1.54) is 0 Å². The average Bonchev–Trinajstić information content (AvgIpc) is 2.96. The molecule has 188 valence electrons. The standard InChI is InChI=1S/C19H15BN.C4H12N.5CO.W/c21-16-20(17-10-4-1-5-11-17,18-12-6-2-7-13-18)19-14-8-3-9-15-19;1-5(2,3)4;5*1-2;/h1-15H;1-4H3;;;;;;/q-1;+1;;;;;;. The van der Waals surface area contributed by atoms with Gasteiger partial charge in [0.25, 0.3) is 0 Å². The quantitative estimate of drug-likeness (QED) is 0.181. The van der Waals surface area contributed by atoms with E-state index in [0.717, 1.165) is 20.9 Å². The van der Waals surface area contributed by atoms with Crippen LogP contribution in [0.25, 0.3) is 0 Å². The van der Waals surface area contributed by atoms with Gasteiger partial charge in [-0.2, -0.15) is 16.4 Å². The normalized spacial score (nSPS) is 8.03. The summed E-state index contributed by atoms with van der Waals surface area (Å²) in [6, 6.07) is 30.2. The topological polar surface area (TPSA) is 123 Å². The molecule has 37 heavy (non-hydrogen) atoms. The number of nitrogens with zero attached hydrogens (tertiary/aromatic N) is 2. The van der Waals surface area contributed by atoms with E-state index in [2.05, 4.69) is 67.4 Å². The van der Waals surface area contributed by atoms with E-state index < -0.39 is 6.15 Å². The molecule has 0 aliphatic carbocycles. The Balaban J connectivity index is -0.000000182. The minimum atomic E-state index is -1.59. The third-order valence-corrected chi connectivity index (χ3v) is 4.09. The second kappa shape index (κ2) is 28.8. The van der Waals surface area contributed by atoms with Gasteiger partial charge in [-0.05, 0) is 0 Å². The van der Waals surface area contributed by atoms with Gasteiger partial charge in [0, 0.05) is 21.1 Å². The summed E-state index contributed by atoms with van der Waals surface area (Å²) in [7, 11) is 8.50. The van der Waals surface area contributed by atoms with Crippen molar-refractivity contribution in [2.75, 3.05) is 28.2 Å². The van der Waals surface area contributed by atoms with Crippen LogP contribution in [0.15, 0.2) is 91.0 Å². The van der Waals surface area contributed by atoms with Crippen LogP contribution < -0.4 is 16.4 Å². The Morgan fingerprint density at radius 3 is 0.811 bits per heavy atom. The summed E-state index contributed by atoms with van der Waals surface area (Å²) in [5.74, 6) is 2.63. The van der Waals surface area contributed by atoms with Crippen molar-refractivity contribution >= 4 is 22.5 Å². The molecule has 9 heteroatoms. The first kappa shape index (κ1) is 43.6. The van der Waals surface area contributed by atoms with E-state index in [1.54, 1.807) is 0 Å². The molecule has 3 aromatic rings. The van der Waals surface area contributed by atoms with Crippen LogP contribution in [0.4, 0.5) is 0 Å². The summed E-state index contributed by atoms with van der Waals surface area (Å²) in [5, 5.41) is 10.1. The Bertz CT molecular complexity index is 933. The maximum Gasteiger partial charge on any atom is 0 e. The van der Waals surface area contributed by atoms with Gasteiger partial charge in [-0.3, -0.25) is 0 Å². The maximum atomic E-state index is 10.1. The zero-order valence-electron chi connectivity index (χ0n) is 21.1. The molecule has 0 aromatic heterocycles. The van der Waals surface area contributed by atoms with E-state index in [1.807, 2.05) is 91.0 Å². The molecule has 0 saturated heterocycles. The summed E-state index contributed by atoms with van der Waals surface area (Å²) < 4.78 is 38.5. The molecule has 0 spiro atoms. The predicted octanol–water partition coefficient (Wildman–Crippen LogP) is 2.35. The minimum absolute atomic E-state index is 0. The summed E-state index contributed by atoms with van der Waals surface area (Å²) in [5.41, 5.74) is 3.16. The van der Waals surface area contributed by atoms with Crippen LogP contribution in [0.5, 0.6) is 0 Å². The van der Waals surface area contributed by atoms with Crippen molar-refractivity contribution in [1.82, 2.24) is 0 Å². The van der Waals surface area contributed by atoms with E-state index in [0.29, 0.717) is 0 Å². The van der Waals surface area contributed by atoms with Gasteiger partial charge < -0.3 is 4.48 Å². The molecular weight excluding hydrogens is 639 g/mol. The van der Waals surface area contributed by atoms with Gasteiger partial charge in [0.2, 0.25) is 0 Å². The van der Waals surface area contributed by atoms with Gasteiger partial charge in [0.1, 0.15) is 0 Å². The van der Waals surface area contributed by atoms with Crippen LogP contribution in [0.3, 0.4) is 0 Å². The predicted molar refractivity (Wildman–Crippen MR) is 133 cm³/mol. The molecule has 0 aliphatic heterocycles. The van der Waals surface area contributed by atoms with Gasteiger partial charge in [-0.15, -0.1) is 5.97 Å². The van der Waals surface area contributed by atoms with E-state index in [9.17, 15) is 5.26 Å². The van der Waals surface area contributed by atoms with Crippen LogP contribution >= 0.6 is 0 Å². The Labute approximate surface area is 234 Å². The molecule has 0 radical (unpaired) electrons. The largest absolute Gasteiger partial charge is 0 e. The zero-order chi connectivity index (χ0) is 29.0. The first-order chi connectivity index (χ1) is 17.4. The van der Waals surface area contributed by atoms with Crippen molar-refractivity contribution in [3.8, 4) is 5.97 Å². The number of rotatable bonds is 3. The van der Waals surface area contributed by atoms with Crippen LogP contribution in [-0.2, 0) is 44.3 Å². The maximum absolute atomic E-state index is 10.1. The molecule has 0 aliphatic rings. The number of nitriles is 1. The molecule has 0 heterocycles. The zero-order valence-corrected chi connectivity index (χ0v) is 24.0. The molecule has 7 nitrogen and oxygen atoms in total. The van der Waals surface area contributed by atoms with Crippen molar-refractivity contribution in [2.24, 2.45) is 0 Å². The third kappa shape index (κ3) is 17.6. The summed E-state index contributed by atoms with van der Waals surface area (Å²) in [6.45, 7) is 22.5. The van der Waals surface area contributed by atoms with Crippen LogP contribution in [-0.4, -0.2) is 38.8 Å². The smallest absolute Gasteiger partial charge is 0 e. The Morgan fingerprint density at radius 1 is 0.514 bits per heavy atom. The fraction of sp³-hybridized carbons (Fsp3) is 0.143. The summed E-state index contributed by atoms with van der Waals surface area (Å²) in [6.07, 6.45) is -1.59. The molecule has 3 rings (SSSR count). The molecular formula is C28H27BN2O5W. The fourth-order valence-electron chi connectivity index (χ4n) is 3.03. The average molecular weight is 666 g/mol. The van der Waals surface area contributed by atoms with Gasteiger partial charge in [-0.25, -0.2) is 5.26 Å². The number of quaternary nitrogens is 1. The second-order valence-electron chi connectivity index (χ2n) is 7.91. The second-order valence-corrected chi connectivity index (χ2v) is 7.91. The molecule has 3 aromatic carbocycles. The van der Waals surface area contributed by atoms with Crippen LogP contribution in [0.2, 0.25) is 0 Å². The molecule has 0 unspecified atom stereocenters. The van der Waals surface area contributed by atoms with Crippen molar-refractivity contribution in [1.29, 1.82) is 5.26 Å². The monoisotopic (exact) mass is 666 g/mol. The van der Waals surface area contributed by atoms with Gasteiger partial charge in [0.05, 0.1) is 28.2 Å². The van der Waals surface area contributed by atoms with E-state index in [4.69, 9.17) is 23.3 Å².